The highest BCUT2D eigenvalue weighted by atomic mass is 14.2. The maximum absolute atomic E-state index is 8.27. The van der Waals surface area contributed by atoms with Crippen LogP contribution in [0, 0.1) is 11.3 Å². The Hall–Kier alpha value is -1.29. The summed E-state index contributed by atoms with van der Waals surface area (Å²) in [5, 5.41) is 8.27. The van der Waals surface area contributed by atoms with Gasteiger partial charge in [0.25, 0.3) is 0 Å². The van der Waals surface area contributed by atoms with Crippen LogP contribution in [0.1, 0.15) is 20.8 Å². The molecule has 0 aromatic heterocycles. The molecular formula is C10H13N. The molecule has 0 saturated heterocycles. The minimum absolute atomic E-state index is 0.977. The van der Waals surface area contributed by atoms with Crippen LogP contribution < -0.4 is 0 Å². The first kappa shape index (κ1) is 9.71. The van der Waals surface area contributed by atoms with E-state index in [0.29, 0.717) is 0 Å². The van der Waals surface area contributed by atoms with E-state index in [9.17, 15) is 0 Å². The Morgan fingerprint density at radius 2 is 1.91 bits per heavy atom. The molecule has 0 saturated carbocycles. The minimum Gasteiger partial charge on any atom is -0.193 e. The predicted octanol–water partition coefficient (Wildman–Crippen LogP) is 2.98. The summed E-state index contributed by atoms with van der Waals surface area (Å²) in [5.74, 6) is 0. The zero-order chi connectivity index (χ0) is 8.69. The molecule has 0 atom stereocenters. The third kappa shape index (κ3) is 6.60. The van der Waals surface area contributed by atoms with Crippen LogP contribution in [-0.2, 0) is 0 Å². The molecule has 1 nitrogen and oxygen atoms in total. The molecule has 0 aliphatic carbocycles. The third-order valence-electron chi connectivity index (χ3n) is 1.08. The second-order valence-electron chi connectivity index (χ2n) is 2.62. The number of rotatable bonds is 2. The number of hydrogen-bond acceptors (Lipinski definition) is 1. The minimum atomic E-state index is 0.977. The van der Waals surface area contributed by atoms with Gasteiger partial charge in [-0.3, -0.25) is 0 Å². The lowest BCUT2D eigenvalue weighted by Crippen LogP contribution is -1.65. The Labute approximate surface area is 68.3 Å². The van der Waals surface area contributed by atoms with Gasteiger partial charge in [-0.1, -0.05) is 23.8 Å². The Bertz CT molecular complexity index is 232. The van der Waals surface area contributed by atoms with Crippen molar-refractivity contribution in [3.8, 4) is 6.07 Å². The molecule has 0 unspecified atom stereocenters. The Balaban J connectivity index is 4.07. The molecule has 1 heteroatoms. The summed E-state index contributed by atoms with van der Waals surface area (Å²) < 4.78 is 0. The second-order valence-corrected chi connectivity index (χ2v) is 2.62. The zero-order valence-electron chi connectivity index (χ0n) is 7.26. The van der Waals surface area contributed by atoms with Crippen molar-refractivity contribution in [2.24, 2.45) is 0 Å². The normalized spacial score (nSPS) is 11.3. The van der Waals surface area contributed by atoms with E-state index >= 15 is 0 Å². The molecule has 58 valence electrons. The Morgan fingerprint density at radius 3 is 2.36 bits per heavy atom. The van der Waals surface area contributed by atoms with Crippen LogP contribution >= 0.6 is 0 Å². The van der Waals surface area contributed by atoms with E-state index in [2.05, 4.69) is 0 Å². The van der Waals surface area contributed by atoms with Gasteiger partial charge in [0.1, 0.15) is 0 Å². The smallest absolute Gasteiger partial charge is 0.0914 e. The molecule has 0 aromatic rings. The first-order valence-electron chi connectivity index (χ1n) is 3.54. The van der Waals surface area contributed by atoms with Crippen LogP contribution in [0.3, 0.4) is 0 Å². The first-order valence-corrected chi connectivity index (χ1v) is 3.54. The highest BCUT2D eigenvalue weighted by Gasteiger charge is 1.77. The quantitative estimate of drug-likeness (QED) is 0.435. The topological polar surface area (TPSA) is 23.8 Å². The lowest BCUT2D eigenvalue weighted by atomic mass is 10.2. The zero-order valence-corrected chi connectivity index (χ0v) is 7.26. The van der Waals surface area contributed by atoms with E-state index in [1.165, 1.54) is 11.6 Å². The molecule has 0 fully saturated rings. The van der Waals surface area contributed by atoms with Crippen molar-refractivity contribution in [2.75, 3.05) is 0 Å². The summed E-state index contributed by atoms with van der Waals surface area (Å²) in [6.07, 6.45) is 7.39. The summed E-state index contributed by atoms with van der Waals surface area (Å²) in [6.45, 7) is 5.97. The fraction of sp³-hybridized carbons (Fsp3) is 0.300. The molecule has 0 radical (unpaired) electrons. The molecular weight excluding hydrogens is 134 g/mol. The summed E-state index contributed by atoms with van der Waals surface area (Å²) in [4.78, 5) is 0. The van der Waals surface area contributed by atoms with Crippen molar-refractivity contribution in [3.05, 3.63) is 35.5 Å². The number of nitriles is 1. The van der Waals surface area contributed by atoms with Gasteiger partial charge in [-0.15, -0.1) is 0 Å². The Morgan fingerprint density at radius 1 is 1.27 bits per heavy atom. The molecule has 0 N–H and O–H groups in total. The highest BCUT2D eigenvalue weighted by molar-refractivity contribution is 5.25. The number of allylic oxidation sites excluding steroid dienone is 6. The molecule has 0 aromatic carbocycles. The van der Waals surface area contributed by atoms with Crippen molar-refractivity contribution >= 4 is 0 Å². The van der Waals surface area contributed by atoms with Crippen LogP contribution in [0.15, 0.2) is 35.5 Å². The second kappa shape index (κ2) is 5.49. The molecule has 0 aliphatic heterocycles. The van der Waals surface area contributed by atoms with E-state index < -0.39 is 0 Å². The molecule has 0 heterocycles. The van der Waals surface area contributed by atoms with Gasteiger partial charge in [-0.25, -0.2) is 0 Å². The molecule has 0 rings (SSSR count). The van der Waals surface area contributed by atoms with Gasteiger partial charge >= 0.3 is 0 Å². The number of hydrogen-bond donors (Lipinski definition) is 0. The Kier molecular flexibility index (Phi) is 4.85. The van der Waals surface area contributed by atoms with E-state index in [4.69, 9.17) is 5.26 Å². The van der Waals surface area contributed by atoms with E-state index in [1.807, 2.05) is 45.1 Å². The lowest BCUT2D eigenvalue weighted by Gasteiger charge is -1.84. The van der Waals surface area contributed by atoms with E-state index in [0.717, 1.165) is 5.57 Å². The monoisotopic (exact) mass is 147 g/mol. The standard InChI is InChI=1S/C10H13N/c1-9(2)5-4-6-10(3)7-8-11/h4-7H,1-3H3/b6-4-,10-7+. The van der Waals surface area contributed by atoms with Gasteiger partial charge in [0.05, 0.1) is 6.07 Å². The van der Waals surface area contributed by atoms with Crippen molar-refractivity contribution in [2.45, 2.75) is 20.8 Å². The van der Waals surface area contributed by atoms with Crippen molar-refractivity contribution in [1.82, 2.24) is 0 Å². The average molecular weight is 147 g/mol. The van der Waals surface area contributed by atoms with Gasteiger partial charge in [0.15, 0.2) is 0 Å². The van der Waals surface area contributed by atoms with Crippen molar-refractivity contribution in [3.63, 3.8) is 0 Å². The summed E-state index contributed by atoms with van der Waals surface area (Å²) in [6, 6.07) is 1.97. The van der Waals surface area contributed by atoms with Crippen LogP contribution in [0.4, 0.5) is 0 Å². The molecule has 0 spiro atoms. The first-order chi connectivity index (χ1) is 5.16. The molecule has 0 bridgehead atoms. The van der Waals surface area contributed by atoms with Gasteiger partial charge in [0.2, 0.25) is 0 Å². The average Bonchev–Trinajstić information content (AvgIpc) is 1.87. The van der Waals surface area contributed by atoms with Crippen LogP contribution in [0.2, 0.25) is 0 Å². The van der Waals surface area contributed by atoms with Crippen LogP contribution in [-0.4, -0.2) is 0 Å². The van der Waals surface area contributed by atoms with Gasteiger partial charge < -0.3 is 0 Å². The van der Waals surface area contributed by atoms with Gasteiger partial charge in [0, 0.05) is 6.08 Å². The van der Waals surface area contributed by atoms with Crippen molar-refractivity contribution in [1.29, 1.82) is 5.26 Å². The van der Waals surface area contributed by atoms with Crippen molar-refractivity contribution < 1.29 is 0 Å². The predicted molar refractivity (Wildman–Crippen MR) is 47.9 cm³/mol. The maximum Gasteiger partial charge on any atom is 0.0914 e. The fourth-order valence-corrected chi connectivity index (χ4v) is 0.542. The van der Waals surface area contributed by atoms with Gasteiger partial charge in [-0.05, 0) is 26.3 Å². The largest absolute Gasteiger partial charge is 0.193 e. The third-order valence-corrected chi connectivity index (χ3v) is 1.08. The van der Waals surface area contributed by atoms with E-state index in [-0.39, 0.29) is 0 Å². The van der Waals surface area contributed by atoms with E-state index in [1.54, 1.807) is 0 Å². The lowest BCUT2D eigenvalue weighted by molar-refractivity contribution is 1.39. The highest BCUT2D eigenvalue weighted by Crippen LogP contribution is 1.95. The summed E-state index contributed by atoms with van der Waals surface area (Å²) in [7, 11) is 0. The summed E-state index contributed by atoms with van der Waals surface area (Å²) in [5.41, 5.74) is 2.23. The number of nitrogens with zero attached hydrogens (tertiary/aromatic N) is 1. The van der Waals surface area contributed by atoms with Crippen LogP contribution in [0.5, 0.6) is 0 Å². The maximum atomic E-state index is 8.27. The van der Waals surface area contributed by atoms with Gasteiger partial charge in [-0.2, -0.15) is 5.26 Å². The molecule has 0 amide bonds. The summed E-state index contributed by atoms with van der Waals surface area (Å²) >= 11 is 0. The SMILES string of the molecule is CC(C)=C/C=C\C(C)=C\C#N. The molecule has 0 aliphatic rings. The molecule has 11 heavy (non-hydrogen) atoms. The fourth-order valence-electron chi connectivity index (χ4n) is 0.542. The van der Waals surface area contributed by atoms with Crippen LogP contribution in [0.25, 0.3) is 0 Å².